The van der Waals surface area contributed by atoms with E-state index in [4.69, 9.17) is 0 Å². The molecule has 0 N–H and O–H groups in total. The number of nitrogens with zero attached hydrogens (tertiary/aromatic N) is 3. The van der Waals surface area contributed by atoms with E-state index in [1.165, 1.54) is 44.9 Å². The molecule has 1 saturated heterocycles. The second-order valence-electron chi connectivity index (χ2n) is 7.07. The maximum atomic E-state index is 12.8. The topological polar surface area (TPSA) is 83.8 Å². The van der Waals surface area contributed by atoms with Gasteiger partial charge in [0.05, 0.1) is 9.82 Å². The van der Waals surface area contributed by atoms with Crippen molar-refractivity contribution in [1.29, 1.82) is 0 Å². The fourth-order valence-electron chi connectivity index (χ4n) is 3.69. The van der Waals surface area contributed by atoms with Gasteiger partial charge in [-0.1, -0.05) is 42.5 Å². The van der Waals surface area contributed by atoms with Crippen molar-refractivity contribution < 1.29 is 13.3 Å². The molecule has 1 aliphatic rings. The molecule has 29 heavy (non-hydrogen) atoms. The monoisotopic (exact) mass is 411 g/mol. The largest absolute Gasteiger partial charge is 0.296 e. The zero-order chi connectivity index (χ0) is 20.4. The molecular formula is C21H21N3O4S. The molecule has 150 valence electrons. The van der Waals surface area contributed by atoms with E-state index in [-0.39, 0.29) is 10.6 Å². The van der Waals surface area contributed by atoms with E-state index < -0.39 is 14.9 Å². The maximum absolute atomic E-state index is 12.8. The van der Waals surface area contributed by atoms with Gasteiger partial charge in [0, 0.05) is 44.9 Å². The Morgan fingerprint density at radius 2 is 1.52 bits per heavy atom. The lowest BCUT2D eigenvalue weighted by molar-refractivity contribution is -0.384. The lowest BCUT2D eigenvalue weighted by Gasteiger charge is -2.34. The number of non-ortho nitro benzene ring substituents is 1. The molecule has 1 fully saturated rings. The van der Waals surface area contributed by atoms with Gasteiger partial charge < -0.3 is 0 Å². The second kappa shape index (κ2) is 7.90. The van der Waals surface area contributed by atoms with E-state index in [0.717, 1.165) is 6.54 Å². The number of hydrogen-bond acceptors (Lipinski definition) is 5. The van der Waals surface area contributed by atoms with E-state index in [9.17, 15) is 18.5 Å². The van der Waals surface area contributed by atoms with Crippen LogP contribution in [0.25, 0.3) is 10.8 Å². The third kappa shape index (κ3) is 4.00. The molecule has 7 nitrogen and oxygen atoms in total. The molecule has 0 unspecified atom stereocenters. The standard InChI is InChI=1S/C21H21N3O4S/c25-24(26)19-8-10-20(11-9-19)29(27,28)23-14-12-22(13-15-23)16-18-6-3-5-17-4-1-2-7-21(17)18/h1-11H,12-16H2. The molecule has 8 heteroatoms. The van der Waals surface area contributed by atoms with Gasteiger partial charge in [-0.2, -0.15) is 4.31 Å². The smallest absolute Gasteiger partial charge is 0.269 e. The summed E-state index contributed by atoms with van der Waals surface area (Å²) in [7, 11) is -3.65. The van der Waals surface area contributed by atoms with Crippen LogP contribution < -0.4 is 0 Å². The number of nitro groups is 1. The van der Waals surface area contributed by atoms with Gasteiger partial charge in [-0.15, -0.1) is 0 Å². The van der Waals surface area contributed by atoms with E-state index in [0.29, 0.717) is 26.2 Å². The van der Waals surface area contributed by atoms with E-state index in [2.05, 4.69) is 29.2 Å². The Bertz CT molecular complexity index is 1130. The van der Waals surface area contributed by atoms with Crippen molar-refractivity contribution in [3.05, 3.63) is 82.4 Å². The summed E-state index contributed by atoms with van der Waals surface area (Å²) < 4.78 is 27.1. The van der Waals surface area contributed by atoms with Crippen LogP contribution in [-0.2, 0) is 16.6 Å². The fraction of sp³-hybridized carbons (Fsp3) is 0.238. The van der Waals surface area contributed by atoms with Crippen LogP contribution in [0.1, 0.15) is 5.56 Å². The number of nitro benzene ring substituents is 1. The van der Waals surface area contributed by atoms with Gasteiger partial charge in [-0.3, -0.25) is 15.0 Å². The molecule has 1 heterocycles. The molecule has 3 aromatic carbocycles. The Hall–Kier alpha value is -2.81. The number of fused-ring (bicyclic) bond motifs is 1. The zero-order valence-electron chi connectivity index (χ0n) is 15.8. The summed E-state index contributed by atoms with van der Waals surface area (Å²) in [5, 5.41) is 13.2. The average Bonchev–Trinajstić information content (AvgIpc) is 2.74. The predicted octanol–water partition coefficient (Wildman–Crippen LogP) is 3.25. The predicted molar refractivity (Wildman–Crippen MR) is 111 cm³/mol. The van der Waals surface area contributed by atoms with Crippen molar-refractivity contribution in [3.8, 4) is 0 Å². The van der Waals surface area contributed by atoms with Crippen LogP contribution in [0.15, 0.2) is 71.6 Å². The minimum Gasteiger partial charge on any atom is -0.296 e. The van der Waals surface area contributed by atoms with Gasteiger partial charge >= 0.3 is 0 Å². The second-order valence-corrected chi connectivity index (χ2v) is 9.01. The van der Waals surface area contributed by atoms with Gasteiger partial charge in [0.15, 0.2) is 0 Å². The molecule has 0 bridgehead atoms. The number of hydrogen-bond donors (Lipinski definition) is 0. The summed E-state index contributed by atoms with van der Waals surface area (Å²) in [5.41, 5.74) is 1.11. The minimum atomic E-state index is -3.65. The summed E-state index contributed by atoms with van der Waals surface area (Å²) in [6, 6.07) is 19.6. The van der Waals surface area contributed by atoms with Gasteiger partial charge in [0.1, 0.15) is 0 Å². The molecule has 3 aromatic rings. The summed E-state index contributed by atoms with van der Waals surface area (Å²) in [4.78, 5) is 12.6. The van der Waals surface area contributed by atoms with Gasteiger partial charge in [0.2, 0.25) is 10.0 Å². The van der Waals surface area contributed by atoms with Crippen molar-refractivity contribution in [1.82, 2.24) is 9.21 Å². The van der Waals surface area contributed by atoms with Crippen LogP contribution in [-0.4, -0.2) is 48.7 Å². The van der Waals surface area contributed by atoms with Crippen molar-refractivity contribution in [3.63, 3.8) is 0 Å². The molecule has 0 saturated carbocycles. The van der Waals surface area contributed by atoms with Crippen molar-refractivity contribution in [2.24, 2.45) is 0 Å². The average molecular weight is 411 g/mol. The van der Waals surface area contributed by atoms with E-state index in [1.54, 1.807) is 0 Å². The first-order valence-corrected chi connectivity index (χ1v) is 10.8. The number of rotatable bonds is 5. The van der Waals surface area contributed by atoms with Crippen LogP contribution in [0.5, 0.6) is 0 Å². The number of piperazine rings is 1. The number of benzene rings is 3. The Morgan fingerprint density at radius 3 is 2.21 bits per heavy atom. The first-order valence-electron chi connectivity index (χ1n) is 9.39. The van der Waals surface area contributed by atoms with Crippen molar-refractivity contribution in [2.75, 3.05) is 26.2 Å². The first-order chi connectivity index (χ1) is 13.9. The normalized spacial score (nSPS) is 16.1. The van der Waals surface area contributed by atoms with Crippen molar-refractivity contribution in [2.45, 2.75) is 11.4 Å². The summed E-state index contributed by atoms with van der Waals surface area (Å²) in [5.74, 6) is 0. The third-order valence-electron chi connectivity index (χ3n) is 5.29. The highest BCUT2D eigenvalue weighted by atomic mass is 32.2. The summed E-state index contributed by atoms with van der Waals surface area (Å²) in [6.07, 6.45) is 0. The molecular weight excluding hydrogens is 390 g/mol. The van der Waals surface area contributed by atoms with E-state index in [1.807, 2.05) is 18.2 Å². The Kier molecular flexibility index (Phi) is 5.31. The number of sulfonamides is 1. The molecule has 0 radical (unpaired) electrons. The van der Waals surface area contributed by atoms with E-state index >= 15 is 0 Å². The SMILES string of the molecule is O=[N+]([O-])c1ccc(S(=O)(=O)N2CCN(Cc3cccc4ccccc34)CC2)cc1. The molecule has 0 aromatic heterocycles. The van der Waals surface area contributed by atoms with Gasteiger partial charge in [-0.25, -0.2) is 8.42 Å². The Balaban J connectivity index is 1.44. The van der Waals surface area contributed by atoms with Crippen LogP contribution in [0.4, 0.5) is 5.69 Å². The quantitative estimate of drug-likeness (QED) is 0.475. The lowest BCUT2D eigenvalue weighted by Crippen LogP contribution is -2.48. The minimum absolute atomic E-state index is 0.0885. The molecule has 0 spiro atoms. The lowest BCUT2D eigenvalue weighted by atomic mass is 10.0. The summed E-state index contributed by atoms with van der Waals surface area (Å²) in [6.45, 7) is 2.83. The van der Waals surface area contributed by atoms with Gasteiger partial charge in [0.25, 0.3) is 5.69 Å². The Labute approximate surface area is 169 Å². The van der Waals surface area contributed by atoms with Crippen LogP contribution in [0.3, 0.4) is 0 Å². The first kappa shape index (κ1) is 19.5. The van der Waals surface area contributed by atoms with Crippen molar-refractivity contribution >= 4 is 26.5 Å². The molecule has 1 aliphatic heterocycles. The molecule has 0 amide bonds. The zero-order valence-corrected chi connectivity index (χ0v) is 16.6. The third-order valence-corrected chi connectivity index (χ3v) is 7.20. The highest BCUT2D eigenvalue weighted by Crippen LogP contribution is 2.23. The van der Waals surface area contributed by atoms with Crippen LogP contribution in [0.2, 0.25) is 0 Å². The van der Waals surface area contributed by atoms with Crippen LogP contribution >= 0.6 is 0 Å². The molecule has 0 atom stereocenters. The Morgan fingerprint density at radius 1 is 0.862 bits per heavy atom. The molecule has 4 rings (SSSR count). The van der Waals surface area contributed by atoms with Gasteiger partial charge in [-0.05, 0) is 28.5 Å². The maximum Gasteiger partial charge on any atom is 0.269 e. The summed E-state index contributed by atoms with van der Waals surface area (Å²) >= 11 is 0. The highest BCUT2D eigenvalue weighted by Gasteiger charge is 2.29. The molecule has 0 aliphatic carbocycles. The van der Waals surface area contributed by atoms with Crippen LogP contribution in [0, 0.1) is 10.1 Å². The highest BCUT2D eigenvalue weighted by molar-refractivity contribution is 7.89. The fourth-order valence-corrected chi connectivity index (χ4v) is 5.11.